The van der Waals surface area contributed by atoms with Gasteiger partial charge in [-0.25, -0.2) is 4.68 Å². The molecule has 2 aromatic rings. The van der Waals surface area contributed by atoms with Crippen LogP contribution in [0.2, 0.25) is 0 Å². The molecule has 0 N–H and O–H groups in total. The van der Waals surface area contributed by atoms with Crippen LogP contribution in [0, 0.1) is 24.2 Å². The fourth-order valence-electron chi connectivity index (χ4n) is 1.90. The lowest BCUT2D eigenvalue weighted by molar-refractivity contribution is 0.469. The summed E-state index contributed by atoms with van der Waals surface area (Å²) in [5.41, 5.74) is 3.46. The van der Waals surface area contributed by atoms with Crippen molar-refractivity contribution >= 4 is 12.2 Å². The minimum absolute atomic E-state index is 0.369. The van der Waals surface area contributed by atoms with Gasteiger partial charge < -0.3 is 0 Å². The molecule has 4 heteroatoms. The minimum atomic E-state index is 0.369. The highest BCUT2D eigenvalue weighted by atomic mass is 15.4. The van der Waals surface area contributed by atoms with Crippen LogP contribution in [0.5, 0.6) is 0 Å². The molecule has 0 atom stereocenters. The Morgan fingerprint density at radius 2 is 1.95 bits per heavy atom. The van der Waals surface area contributed by atoms with Gasteiger partial charge in [-0.3, -0.25) is 0 Å². The average Bonchev–Trinajstić information content (AvgIpc) is 2.79. The average molecular weight is 266 g/mol. The number of aromatic nitrogens is 3. The highest BCUT2D eigenvalue weighted by Gasteiger charge is 2.10. The van der Waals surface area contributed by atoms with Gasteiger partial charge in [0.2, 0.25) is 0 Å². The van der Waals surface area contributed by atoms with Gasteiger partial charge in [-0.2, -0.15) is 5.26 Å². The Balaban J connectivity index is 2.29. The predicted octanol–water partition coefficient (Wildman–Crippen LogP) is 3.28. The zero-order valence-corrected chi connectivity index (χ0v) is 12.0. The molecular weight excluding hydrogens is 248 g/mol. The molecule has 102 valence electrons. The van der Waals surface area contributed by atoms with E-state index in [4.69, 9.17) is 5.26 Å². The Morgan fingerprint density at radius 3 is 2.55 bits per heavy atom. The number of benzene rings is 1. The zero-order chi connectivity index (χ0) is 14.5. The van der Waals surface area contributed by atoms with E-state index in [1.807, 2.05) is 12.2 Å². The van der Waals surface area contributed by atoms with Gasteiger partial charge in [0.05, 0.1) is 5.69 Å². The number of rotatable bonds is 4. The monoisotopic (exact) mass is 266 g/mol. The Labute approximate surface area is 119 Å². The van der Waals surface area contributed by atoms with Crippen molar-refractivity contribution in [2.24, 2.45) is 5.92 Å². The molecule has 1 heterocycles. The molecule has 0 amide bonds. The molecule has 1 aromatic heterocycles. The fourth-order valence-corrected chi connectivity index (χ4v) is 1.90. The molecule has 0 spiro atoms. The van der Waals surface area contributed by atoms with Gasteiger partial charge in [0.1, 0.15) is 6.07 Å². The third kappa shape index (κ3) is 3.33. The Bertz CT molecular complexity index is 642. The van der Waals surface area contributed by atoms with E-state index in [0.717, 1.165) is 17.8 Å². The van der Waals surface area contributed by atoms with Crippen LogP contribution in [0.3, 0.4) is 0 Å². The summed E-state index contributed by atoms with van der Waals surface area (Å²) in [4.78, 5) is 0. The van der Waals surface area contributed by atoms with Gasteiger partial charge in [-0.1, -0.05) is 55.0 Å². The van der Waals surface area contributed by atoms with Crippen molar-refractivity contribution in [3.05, 3.63) is 46.8 Å². The van der Waals surface area contributed by atoms with Crippen molar-refractivity contribution < 1.29 is 0 Å². The topological polar surface area (TPSA) is 54.5 Å². The summed E-state index contributed by atoms with van der Waals surface area (Å²) in [5.74, 6) is 0.453. The summed E-state index contributed by atoms with van der Waals surface area (Å²) >= 11 is 0. The number of hydrogen-bond acceptors (Lipinski definition) is 3. The van der Waals surface area contributed by atoms with Crippen LogP contribution >= 0.6 is 0 Å². The summed E-state index contributed by atoms with van der Waals surface area (Å²) in [6.07, 6.45) is 3.89. The quantitative estimate of drug-likeness (QED) is 0.853. The molecule has 0 aliphatic rings. The van der Waals surface area contributed by atoms with Crippen LogP contribution in [0.1, 0.15) is 36.4 Å². The molecule has 0 unspecified atom stereocenters. The lowest BCUT2D eigenvalue weighted by Gasteiger charge is -2.06. The van der Waals surface area contributed by atoms with Crippen molar-refractivity contribution in [1.82, 2.24) is 15.0 Å². The standard InChI is InChI=1S/C16H18N4/c1-12(2)11-20-16(15(10-17)18-19-20)9-8-14-6-4-13(3)5-7-14/h4-9,12H,11H2,1-3H3/b9-8+. The first-order valence-electron chi connectivity index (χ1n) is 6.68. The fraction of sp³-hybridized carbons (Fsp3) is 0.312. The molecule has 0 saturated carbocycles. The second-order valence-electron chi connectivity index (χ2n) is 5.26. The van der Waals surface area contributed by atoms with E-state index in [1.54, 1.807) is 4.68 Å². The van der Waals surface area contributed by atoms with Crippen molar-refractivity contribution in [3.8, 4) is 6.07 Å². The van der Waals surface area contributed by atoms with Crippen LogP contribution < -0.4 is 0 Å². The second-order valence-corrected chi connectivity index (χ2v) is 5.26. The third-order valence-electron chi connectivity index (χ3n) is 2.93. The lowest BCUT2D eigenvalue weighted by atomic mass is 10.1. The molecule has 20 heavy (non-hydrogen) atoms. The van der Waals surface area contributed by atoms with E-state index in [1.165, 1.54) is 5.56 Å². The van der Waals surface area contributed by atoms with Crippen molar-refractivity contribution in [3.63, 3.8) is 0 Å². The maximum absolute atomic E-state index is 9.10. The molecule has 1 aromatic carbocycles. The van der Waals surface area contributed by atoms with E-state index in [2.05, 4.69) is 61.4 Å². The van der Waals surface area contributed by atoms with E-state index in [-0.39, 0.29) is 0 Å². The SMILES string of the molecule is Cc1ccc(/C=C/c2c(C#N)nnn2CC(C)C)cc1. The van der Waals surface area contributed by atoms with Crippen molar-refractivity contribution in [1.29, 1.82) is 5.26 Å². The zero-order valence-electron chi connectivity index (χ0n) is 12.0. The maximum Gasteiger partial charge on any atom is 0.190 e. The molecule has 0 saturated heterocycles. The second kappa shape index (κ2) is 6.16. The summed E-state index contributed by atoms with van der Waals surface area (Å²) in [7, 11) is 0. The first-order valence-corrected chi connectivity index (χ1v) is 6.68. The third-order valence-corrected chi connectivity index (χ3v) is 2.93. The smallest absolute Gasteiger partial charge is 0.190 e. The minimum Gasteiger partial charge on any atom is -0.244 e. The predicted molar refractivity (Wildman–Crippen MR) is 79.7 cm³/mol. The van der Waals surface area contributed by atoms with E-state index < -0.39 is 0 Å². The summed E-state index contributed by atoms with van der Waals surface area (Å²) in [5, 5.41) is 17.1. The molecule has 2 rings (SSSR count). The highest BCUT2D eigenvalue weighted by Crippen LogP contribution is 2.13. The maximum atomic E-state index is 9.10. The molecule has 0 aliphatic heterocycles. The van der Waals surface area contributed by atoms with Gasteiger partial charge in [0, 0.05) is 6.54 Å². The van der Waals surface area contributed by atoms with E-state index in [9.17, 15) is 0 Å². The van der Waals surface area contributed by atoms with E-state index >= 15 is 0 Å². The van der Waals surface area contributed by atoms with Crippen molar-refractivity contribution in [2.45, 2.75) is 27.3 Å². The van der Waals surface area contributed by atoms with Gasteiger partial charge in [0.25, 0.3) is 0 Å². The first kappa shape index (κ1) is 14.0. The summed E-state index contributed by atoms with van der Waals surface area (Å²) in [6, 6.07) is 10.3. The summed E-state index contributed by atoms with van der Waals surface area (Å²) < 4.78 is 1.79. The van der Waals surface area contributed by atoms with E-state index in [0.29, 0.717) is 11.6 Å². The Kier molecular flexibility index (Phi) is 4.31. The van der Waals surface area contributed by atoms with Crippen molar-refractivity contribution in [2.75, 3.05) is 0 Å². The van der Waals surface area contributed by atoms with Crippen LogP contribution in [-0.2, 0) is 6.54 Å². The molecule has 4 nitrogen and oxygen atoms in total. The molecular formula is C16H18N4. The molecule has 0 radical (unpaired) electrons. The number of nitrogens with zero attached hydrogens (tertiary/aromatic N) is 4. The van der Waals surface area contributed by atoms with Gasteiger partial charge in [-0.05, 0) is 24.5 Å². The molecule has 0 bridgehead atoms. The molecule has 0 fully saturated rings. The van der Waals surface area contributed by atoms with Gasteiger partial charge in [0.15, 0.2) is 5.69 Å². The number of aryl methyl sites for hydroxylation is 1. The van der Waals surface area contributed by atoms with Crippen LogP contribution in [0.25, 0.3) is 12.2 Å². The Morgan fingerprint density at radius 1 is 1.25 bits per heavy atom. The molecule has 0 aliphatic carbocycles. The normalized spacial score (nSPS) is 11.2. The van der Waals surface area contributed by atoms with Gasteiger partial charge in [-0.15, -0.1) is 5.10 Å². The number of nitriles is 1. The van der Waals surface area contributed by atoms with Crippen LogP contribution in [-0.4, -0.2) is 15.0 Å². The Hall–Kier alpha value is -2.41. The van der Waals surface area contributed by atoms with Crippen LogP contribution in [0.4, 0.5) is 0 Å². The van der Waals surface area contributed by atoms with Gasteiger partial charge >= 0.3 is 0 Å². The number of hydrogen-bond donors (Lipinski definition) is 0. The van der Waals surface area contributed by atoms with Crippen LogP contribution in [0.15, 0.2) is 24.3 Å². The highest BCUT2D eigenvalue weighted by molar-refractivity contribution is 5.70. The largest absolute Gasteiger partial charge is 0.244 e. The first-order chi connectivity index (χ1) is 9.60. The summed E-state index contributed by atoms with van der Waals surface area (Å²) in [6.45, 7) is 7.04. The lowest BCUT2D eigenvalue weighted by Crippen LogP contribution is -2.08.